The van der Waals surface area contributed by atoms with Crippen LogP contribution in [-0.2, 0) is 6.54 Å². The molecule has 0 saturated carbocycles. The Morgan fingerprint density at radius 1 is 1.28 bits per heavy atom. The fraction of sp³-hybridized carbons (Fsp3) is 0.154. The second-order valence-electron chi connectivity index (χ2n) is 3.92. The molecular formula is C13H13N5. The third kappa shape index (κ3) is 2.95. The Morgan fingerprint density at radius 3 is 2.61 bits per heavy atom. The molecular weight excluding hydrogens is 226 g/mol. The van der Waals surface area contributed by atoms with Crippen LogP contribution in [0.5, 0.6) is 0 Å². The molecule has 0 aliphatic carbocycles. The smallest absolute Gasteiger partial charge is 0.222 e. The first-order valence-corrected chi connectivity index (χ1v) is 5.51. The molecule has 5 nitrogen and oxygen atoms in total. The normalized spacial score (nSPS) is 9.78. The van der Waals surface area contributed by atoms with Gasteiger partial charge < -0.3 is 11.1 Å². The van der Waals surface area contributed by atoms with Crippen molar-refractivity contribution in [3.8, 4) is 6.07 Å². The number of anilines is 2. The Bertz CT molecular complexity index is 563. The van der Waals surface area contributed by atoms with Gasteiger partial charge in [0.05, 0.1) is 11.6 Å². The highest BCUT2D eigenvalue weighted by molar-refractivity contribution is 5.41. The lowest BCUT2D eigenvalue weighted by Gasteiger charge is -2.07. The zero-order valence-electron chi connectivity index (χ0n) is 10.0. The van der Waals surface area contributed by atoms with Gasteiger partial charge in [0.1, 0.15) is 5.82 Å². The Labute approximate surface area is 105 Å². The number of nitrogen functional groups attached to an aromatic ring is 1. The highest BCUT2D eigenvalue weighted by Gasteiger charge is 1.99. The van der Waals surface area contributed by atoms with Crippen molar-refractivity contribution in [2.75, 3.05) is 11.1 Å². The molecule has 0 aliphatic heterocycles. The number of aryl methyl sites for hydroxylation is 1. The predicted octanol–water partition coefficient (Wildman–Crippen LogP) is 1.85. The fourth-order valence-corrected chi connectivity index (χ4v) is 1.57. The molecule has 90 valence electrons. The summed E-state index contributed by atoms with van der Waals surface area (Å²) >= 11 is 0. The van der Waals surface area contributed by atoms with Crippen molar-refractivity contribution >= 4 is 11.8 Å². The van der Waals surface area contributed by atoms with Crippen molar-refractivity contribution in [1.82, 2.24) is 9.97 Å². The van der Waals surface area contributed by atoms with E-state index in [0.717, 1.165) is 11.3 Å². The zero-order chi connectivity index (χ0) is 13.0. The molecule has 0 fully saturated rings. The van der Waals surface area contributed by atoms with Gasteiger partial charge in [0.2, 0.25) is 5.95 Å². The van der Waals surface area contributed by atoms with Crippen molar-refractivity contribution in [1.29, 1.82) is 5.26 Å². The van der Waals surface area contributed by atoms with Gasteiger partial charge in [0.15, 0.2) is 0 Å². The molecule has 3 N–H and O–H groups in total. The maximum atomic E-state index is 8.70. The lowest BCUT2D eigenvalue weighted by Crippen LogP contribution is -2.05. The minimum absolute atomic E-state index is 0.261. The maximum absolute atomic E-state index is 8.70. The summed E-state index contributed by atoms with van der Waals surface area (Å²) in [5, 5.41) is 11.9. The van der Waals surface area contributed by atoms with Crippen LogP contribution in [0, 0.1) is 18.3 Å². The van der Waals surface area contributed by atoms with E-state index in [1.54, 1.807) is 12.1 Å². The predicted molar refractivity (Wildman–Crippen MR) is 69.7 cm³/mol. The zero-order valence-corrected chi connectivity index (χ0v) is 10.0. The van der Waals surface area contributed by atoms with Gasteiger partial charge in [-0.2, -0.15) is 10.2 Å². The van der Waals surface area contributed by atoms with E-state index in [-0.39, 0.29) is 5.95 Å². The van der Waals surface area contributed by atoms with Crippen LogP contribution in [0.15, 0.2) is 30.3 Å². The monoisotopic (exact) mass is 239 g/mol. The van der Waals surface area contributed by atoms with E-state index >= 15 is 0 Å². The number of nitrogens with one attached hydrogen (secondary N) is 1. The summed E-state index contributed by atoms with van der Waals surface area (Å²) in [5.41, 5.74) is 8.12. The maximum Gasteiger partial charge on any atom is 0.222 e. The van der Waals surface area contributed by atoms with Crippen LogP contribution in [-0.4, -0.2) is 9.97 Å². The third-order valence-electron chi connectivity index (χ3n) is 2.43. The number of hydrogen-bond donors (Lipinski definition) is 2. The van der Waals surface area contributed by atoms with Crippen molar-refractivity contribution in [3.63, 3.8) is 0 Å². The molecule has 0 radical (unpaired) electrons. The molecule has 0 aliphatic rings. The molecule has 2 rings (SSSR count). The molecule has 18 heavy (non-hydrogen) atoms. The number of aromatic nitrogens is 2. The lowest BCUT2D eigenvalue weighted by molar-refractivity contribution is 1.06. The number of nitriles is 1. The van der Waals surface area contributed by atoms with Gasteiger partial charge in [-0.25, -0.2) is 4.98 Å². The lowest BCUT2D eigenvalue weighted by atomic mass is 10.1. The minimum atomic E-state index is 0.261. The summed E-state index contributed by atoms with van der Waals surface area (Å²) in [4.78, 5) is 8.09. The van der Waals surface area contributed by atoms with Gasteiger partial charge in [-0.15, -0.1) is 0 Å². The van der Waals surface area contributed by atoms with Gasteiger partial charge in [-0.1, -0.05) is 12.1 Å². The number of rotatable bonds is 3. The Morgan fingerprint density at radius 2 is 2.00 bits per heavy atom. The average molecular weight is 239 g/mol. The highest BCUT2D eigenvalue weighted by atomic mass is 15.1. The molecule has 0 bridgehead atoms. The van der Waals surface area contributed by atoms with Gasteiger partial charge in [0.25, 0.3) is 0 Å². The number of nitrogens with two attached hydrogens (primary N) is 1. The molecule has 2 aromatic rings. The SMILES string of the molecule is Cc1cc(NCc2ccc(C#N)cc2)nc(N)n1. The fourth-order valence-electron chi connectivity index (χ4n) is 1.57. The first-order chi connectivity index (χ1) is 8.67. The molecule has 0 atom stereocenters. The molecule has 0 amide bonds. The third-order valence-corrected chi connectivity index (χ3v) is 2.43. The second kappa shape index (κ2) is 5.15. The number of benzene rings is 1. The average Bonchev–Trinajstić information content (AvgIpc) is 2.36. The molecule has 0 saturated heterocycles. The largest absolute Gasteiger partial charge is 0.368 e. The minimum Gasteiger partial charge on any atom is -0.368 e. The summed E-state index contributed by atoms with van der Waals surface area (Å²) in [5.74, 6) is 0.960. The van der Waals surface area contributed by atoms with Crippen molar-refractivity contribution in [2.45, 2.75) is 13.5 Å². The Hall–Kier alpha value is -2.61. The van der Waals surface area contributed by atoms with Crippen LogP contribution in [0.3, 0.4) is 0 Å². The summed E-state index contributed by atoms with van der Waals surface area (Å²) in [6.45, 7) is 2.49. The van der Waals surface area contributed by atoms with E-state index in [1.165, 1.54) is 0 Å². The molecule has 1 heterocycles. The van der Waals surface area contributed by atoms with E-state index < -0.39 is 0 Å². The van der Waals surface area contributed by atoms with E-state index in [4.69, 9.17) is 11.0 Å². The van der Waals surface area contributed by atoms with Gasteiger partial charge in [-0.05, 0) is 24.6 Å². The number of hydrogen-bond acceptors (Lipinski definition) is 5. The van der Waals surface area contributed by atoms with Crippen molar-refractivity contribution in [3.05, 3.63) is 47.2 Å². The van der Waals surface area contributed by atoms with Crippen LogP contribution in [0.25, 0.3) is 0 Å². The molecule has 5 heteroatoms. The molecule has 1 aromatic carbocycles. The van der Waals surface area contributed by atoms with E-state index in [1.807, 2.05) is 25.1 Å². The van der Waals surface area contributed by atoms with Crippen molar-refractivity contribution in [2.24, 2.45) is 0 Å². The van der Waals surface area contributed by atoms with Crippen molar-refractivity contribution < 1.29 is 0 Å². The highest BCUT2D eigenvalue weighted by Crippen LogP contribution is 2.10. The van der Waals surface area contributed by atoms with Gasteiger partial charge >= 0.3 is 0 Å². The summed E-state index contributed by atoms with van der Waals surface area (Å²) in [6, 6.07) is 11.3. The molecule has 1 aromatic heterocycles. The topological polar surface area (TPSA) is 87.6 Å². The van der Waals surface area contributed by atoms with Crippen LogP contribution < -0.4 is 11.1 Å². The standard InChI is InChI=1S/C13H13N5/c1-9-6-12(18-13(15)17-9)16-8-11-4-2-10(7-14)3-5-11/h2-6H,8H2,1H3,(H3,15,16,17,18). The first kappa shape index (κ1) is 11.9. The summed E-state index contributed by atoms with van der Waals surface area (Å²) in [7, 11) is 0. The van der Waals surface area contributed by atoms with Crippen LogP contribution in [0.4, 0.5) is 11.8 Å². The van der Waals surface area contributed by atoms with Gasteiger partial charge in [-0.3, -0.25) is 0 Å². The first-order valence-electron chi connectivity index (χ1n) is 5.51. The Kier molecular flexibility index (Phi) is 3.39. The van der Waals surface area contributed by atoms with Crippen LogP contribution in [0.2, 0.25) is 0 Å². The summed E-state index contributed by atoms with van der Waals surface area (Å²) < 4.78 is 0. The molecule has 0 spiro atoms. The quantitative estimate of drug-likeness (QED) is 0.853. The second-order valence-corrected chi connectivity index (χ2v) is 3.92. The van der Waals surface area contributed by atoms with Crippen LogP contribution >= 0.6 is 0 Å². The van der Waals surface area contributed by atoms with Crippen LogP contribution in [0.1, 0.15) is 16.8 Å². The number of nitrogens with zero attached hydrogens (tertiary/aromatic N) is 3. The van der Waals surface area contributed by atoms with E-state index in [2.05, 4.69) is 21.4 Å². The Balaban J connectivity index is 2.04. The summed E-state index contributed by atoms with van der Waals surface area (Å²) in [6.07, 6.45) is 0. The van der Waals surface area contributed by atoms with Gasteiger partial charge in [0, 0.05) is 18.3 Å². The van der Waals surface area contributed by atoms with E-state index in [9.17, 15) is 0 Å². The van der Waals surface area contributed by atoms with E-state index in [0.29, 0.717) is 17.9 Å². The molecule has 0 unspecified atom stereocenters.